The molecular weight excluding hydrogens is 281 g/mol. The molecule has 0 heterocycles. The van der Waals surface area contributed by atoms with Crippen molar-refractivity contribution in [2.24, 2.45) is 0 Å². The lowest BCUT2D eigenvalue weighted by Crippen LogP contribution is -2.21. The second kappa shape index (κ2) is 6.52. The highest BCUT2D eigenvalue weighted by molar-refractivity contribution is 8.10. The van der Waals surface area contributed by atoms with Gasteiger partial charge in [-0.25, -0.2) is 0 Å². The lowest BCUT2D eigenvalue weighted by Gasteiger charge is -2.27. The maximum atomic E-state index is 14.0. The van der Waals surface area contributed by atoms with Gasteiger partial charge in [0.15, 0.2) is 0 Å². The molecule has 17 heavy (non-hydrogen) atoms. The summed E-state index contributed by atoms with van der Waals surface area (Å²) < 4.78 is 38.1. The molecule has 0 rings (SSSR count). The van der Waals surface area contributed by atoms with E-state index in [1.54, 1.807) is 19.5 Å². The SMILES string of the molecule is CCOP(=S)(OCC)C(F)(F)/C=C/[Si](C)(C)C. The molecule has 0 saturated carbocycles. The van der Waals surface area contributed by atoms with E-state index in [9.17, 15) is 8.78 Å². The van der Waals surface area contributed by atoms with Crippen molar-refractivity contribution >= 4 is 26.4 Å². The van der Waals surface area contributed by atoms with Gasteiger partial charge in [0.2, 0.25) is 0 Å². The molecule has 0 aromatic carbocycles. The third kappa shape index (κ3) is 5.70. The minimum atomic E-state index is -3.57. The summed E-state index contributed by atoms with van der Waals surface area (Å²) >= 11 is 4.91. The smallest absolute Gasteiger partial charge is 0.325 e. The van der Waals surface area contributed by atoms with Crippen LogP contribution in [-0.4, -0.2) is 27.0 Å². The van der Waals surface area contributed by atoms with Gasteiger partial charge in [-0.2, -0.15) is 8.78 Å². The Morgan fingerprint density at radius 3 is 1.88 bits per heavy atom. The van der Waals surface area contributed by atoms with Gasteiger partial charge in [-0.3, -0.25) is 0 Å². The van der Waals surface area contributed by atoms with E-state index in [-0.39, 0.29) is 13.2 Å². The maximum Gasteiger partial charge on any atom is 0.338 e. The Kier molecular flexibility index (Phi) is 6.67. The number of hydrogen-bond donors (Lipinski definition) is 0. The molecule has 0 aromatic heterocycles. The standard InChI is InChI=1S/C10H21F2O2PSSi/c1-6-13-15(16,14-7-2)10(11,12)8-9-17(3,4)5/h8-9H,6-7H2,1-5H3/b9-8+. The maximum absolute atomic E-state index is 14.0. The van der Waals surface area contributed by atoms with Crippen molar-refractivity contribution in [3.05, 3.63) is 11.8 Å². The van der Waals surface area contributed by atoms with Crippen molar-refractivity contribution < 1.29 is 17.8 Å². The summed E-state index contributed by atoms with van der Waals surface area (Å²) in [6.07, 6.45) is 0.880. The molecule has 0 radical (unpaired) electrons. The second-order valence-electron chi connectivity index (χ2n) is 4.62. The second-order valence-corrected chi connectivity index (χ2v) is 13.2. The van der Waals surface area contributed by atoms with E-state index in [1.807, 2.05) is 19.6 Å². The molecule has 0 unspecified atom stereocenters. The molecule has 7 heteroatoms. The molecule has 0 spiro atoms. The van der Waals surface area contributed by atoms with Crippen LogP contribution in [0.5, 0.6) is 0 Å². The van der Waals surface area contributed by atoms with E-state index >= 15 is 0 Å². The van der Waals surface area contributed by atoms with Crippen LogP contribution in [0, 0.1) is 0 Å². The van der Waals surface area contributed by atoms with Gasteiger partial charge in [0.05, 0.1) is 21.3 Å². The van der Waals surface area contributed by atoms with Gasteiger partial charge >= 0.3 is 5.66 Å². The quantitative estimate of drug-likeness (QED) is 0.513. The van der Waals surface area contributed by atoms with Crippen LogP contribution in [0.25, 0.3) is 0 Å². The monoisotopic (exact) mass is 302 g/mol. The van der Waals surface area contributed by atoms with Gasteiger partial charge < -0.3 is 9.05 Å². The molecule has 0 aliphatic carbocycles. The Morgan fingerprint density at radius 2 is 1.59 bits per heavy atom. The van der Waals surface area contributed by atoms with E-state index in [0.29, 0.717) is 0 Å². The summed E-state index contributed by atoms with van der Waals surface area (Å²) in [6.45, 7) is 5.90. The lowest BCUT2D eigenvalue weighted by molar-refractivity contribution is 0.103. The zero-order valence-electron chi connectivity index (χ0n) is 11.0. The van der Waals surface area contributed by atoms with Crippen LogP contribution in [0.3, 0.4) is 0 Å². The number of allylic oxidation sites excluding steroid dienone is 1. The van der Waals surface area contributed by atoms with E-state index in [1.165, 1.54) is 0 Å². The summed E-state index contributed by atoms with van der Waals surface area (Å²) in [6, 6.07) is 0. The fraction of sp³-hybridized carbons (Fsp3) is 0.800. The van der Waals surface area contributed by atoms with Gasteiger partial charge in [0.25, 0.3) is 6.49 Å². The third-order valence-electron chi connectivity index (χ3n) is 1.75. The zero-order chi connectivity index (χ0) is 13.7. The van der Waals surface area contributed by atoms with Crippen molar-refractivity contribution in [2.45, 2.75) is 39.2 Å². The molecule has 2 nitrogen and oxygen atoms in total. The average molecular weight is 302 g/mol. The molecule has 0 saturated heterocycles. The van der Waals surface area contributed by atoms with Crippen LogP contribution in [0.2, 0.25) is 19.6 Å². The van der Waals surface area contributed by atoms with E-state index in [2.05, 4.69) is 0 Å². The van der Waals surface area contributed by atoms with E-state index in [4.69, 9.17) is 20.9 Å². The molecular formula is C10H21F2O2PSSi. The van der Waals surface area contributed by atoms with Crippen LogP contribution in [0.1, 0.15) is 13.8 Å². The van der Waals surface area contributed by atoms with E-state index in [0.717, 1.165) is 6.08 Å². The normalized spacial score (nSPS) is 14.5. The summed E-state index contributed by atoms with van der Waals surface area (Å²) in [5.41, 5.74) is -1.62. The fourth-order valence-corrected chi connectivity index (χ4v) is 4.01. The predicted octanol–water partition coefficient (Wildman–Crippen LogP) is 4.40. The van der Waals surface area contributed by atoms with Crippen molar-refractivity contribution in [2.75, 3.05) is 13.2 Å². The molecule has 0 aliphatic rings. The van der Waals surface area contributed by atoms with Crippen LogP contribution < -0.4 is 0 Å². The van der Waals surface area contributed by atoms with Gasteiger partial charge in [-0.15, -0.1) is 0 Å². The van der Waals surface area contributed by atoms with Crippen molar-refractivity contribution in [1.82, 2.24) is 0 Å². The van der Waals surface area contributed by atoms with Crippen LogP contribution >= 0.6 is 6.49 Å². The van der Waals surface area contributed by atoms with Crippen molar-refractivity contribution in [3.63, 3.8) is 0 Å². The molecule has 0 bridgehead atoms. The first kappa shape index (κ1) is 17.4. The van der Waals surface area contributed by atoms with Gasteiger partial charge in [0, 0.05) is 0 Å². The first-order valence-corrected chi connectivity index (χ1v) is 11.8. The topological polar surface area (TPSA) is 18.5 Å². The molecule has 0 atom stereocenters. The van der Waals surface area contributed by atoms with Crippen molar-refractivity contribution in [1.29, 1.82) is 0 Å². The van der Waals surface area contributed by atoms with Gasteiger partial charge in [0.1, 0.15) is 0 Å². The van der Waals surface area contributed by atoms with Gasteiger partial charge in [-0.1, -0.05) is 25.3 Å². The number of rotatable bonds is 7. The highest BCUT2D eigenvalue weighted by Crippen LogP contribution is 2.62. The Hall–Kier alpha value is 0.387. The Labute approximate surface area is 109 Å². The van der Waals surface area contributed by atoms with Crippen LogP contribution in [0.15, 0.2) is 11.8 Å². The van der Waals surface area contributed by atoms with Crippen LogP contribution in [0.4, 0.5) is 8.78 Å². The fourth-order valence-electron chi connectivity index (χ4n) is 0.991. The Bertz CT molecular complexity index is 306. The number of hydrogen-bond acceptors (Lipinski definition) is 3. The zero-order valence-corrected chi connectivity index (χ0v) is 13.7. The molecule has 0 aromatic rings. The first-order chi connectivity index (χ1) is 7.58. The molecule has 0 N–H and O–H groups in total. The third-order valence-corrected chi connectivity index (χ3v) is 6.35. The molecule has 0 amide bonds. The molecule has 0 fully saturated rings. The van der Waals surface area contributed by atoms with Crippen LogP contribution in [-0.2, 0) is 20.9 Å². The summed E-state index contributed by atoms with van der Waals surface area (Å²) in [7, 11) is -1.69. The largest absolute Gasteiger partial charge is 0.338 e. The predicted molar refractivity (Wildman–Crippen MR) is 75.0 cm³/mol. The summed E-state index contributed by atoms with van der Waals surface area (Å²) in [5.74, 6) is 0. The Balaban J connectivity index is 5.09. The summed E-state index contributed by atoms with van der Waals surface area (Å²) in [4.78, 5) is 0. The minimum Gasteiger partial charge on any atom is -0.325 e. The number of halogens is 2. The minimum absolute atomic E-state index is 0.133. The van der Waals surface area contributed by atoms with Crippen molar-refractivity contribution in [3.8, 4) is 0 Å². The van der Waals surface area contributed by atoms with Gasteiger partial charge in [-0.05, 0) is 31.7 Å². The molecule has 0 aliphatic heterocycles. The first-order valence-electron chi connectivity index (χ1n) is 5.55. The molecule has 102 valence electrons. The number of alkyl halides is 2. The highest BCUT2D eigenvalue weighted by atomic mass is 32.5. The summed E-state index contributed by atoms with van der Waals surface area (Å²) in [5, 5.41) is 0. The lowest BCUT2D eigenvalue weighted by atomic mass is 10.7. The van der Waals surface area contributed by atoms with E-state index < -0.39 is 20.2 Å². The highest BCUT2D eigenvalue weighted by Gasteiger charge is 2.46. The average Bonchev–Trinajstić information content (AvgIpc) is 2.14. The Morgan fingerprint density at radius 1 is 1.18 bits per heavy atom.